The Morgan fingerprint density at radius 1 is 1.39 bits per heavy atom. The molecule has 4 nitrogen and oxygen atoms in total. The molecule has 0 bridgehead atoms. The summed E-state index contributed by atoms with van der Waals surface area (Å²) in [5.74, 6) is 0.0682. The second-order valence-corrected chi connectivity index (χ2v) is 4.20. The minimum Gasteiger partial charge on any atom is -0.326 e. The van der Waals surface area contributed by atoms with Crippen LogP contribution in [-0.2, 0) is 4.79 Å². The molecule has 1 aromatic carbocycles. The summed E-state index contributed by atoms with van der Waals surface area (Å²) in [7, 11) is 0. The van der Waals surface area contributed by atoms with Crippen LogP contribution in [0, 0.1) is 0 Å². The number of hydrogen-bond acceptors (Lipinski definition) is 2. The number of H-pyrrole nitrogens is 1. The minimum absolute atomic E-state index is 0.0682. The molecule has 1 aromatic heterocycles. The number of aromatic nitrogens is 2. The first-order chi connectivity index (χ1) is 8.79. The van der Waals surface area contributed by atoms with Crippen LogP contribution in [0.15, 0.2) is 36.5 Å². The van der Waals surface area contributed by atoms with Gasteiger partial charge in [-0.15, -0.1) is 0 Å². The first kappa shape index (κ1) is 12.4. The lowest BCUT2D eigenvalue weighted by molar-refractivity contribution is -0.116. The van der Waals surface area contributed by atoms with Gasteiger partial charge in [0.1, 0.15) is 0 Å². The van der Waals surface area contributed by atoms with Crippen LogP contribution in [-0.4, -0.2) is 16.1 Å². The maximum absolute atomic E-state index is 11.6. The average molecular weight is 243 g/mol. The SMILES string of the molecule is CCCCC(=O)Nc1cccc(-c2ccn[nH]2)c1. The molecule has 94 valence electrons. The van der Waals surface area contributed by atoms with Crippen molar-refractivity contribution in [2.45, 2.75) is 26.2 Å². The van der Waals surface area contributed by atoms with E-state index in [1.54, 1.807) is 6.20 Å². The largest absolute Gasteiger partial charge is 0.326 e. The van der Waals surface area contributed by atoms with Crippen LogP contribution in [0.5, 0.6) is 0 Å². The number of nitrogens with one attached hydrogen (secondary N) is 2. The number of nitrogens with zero attached hydrogens (tertiary/aromatic N) is 1. The molecular weight excluding hydrogens is 226 g/mol. The number of unbranched alkanes of at least 4 members (excludes halogenated alkanes) is 1. The van der Waals surface area contributed by atoms with Gasteiger partial charge in [-0.1, -0.05) is 25.5 Å². The highest BCUT2D eigenvalue weighted by Gasteiger charge is 2.03. The van der Waals surface area contributed by atoms with Crippen LogP contribution in [0.25, 0.3) is 11.3 Å². The van der Waals surface area contributed by atoms with Gasteiger partial charge in [0, 0.05) is 23.9 Å². The Morgan fingerprint density at radius 2 is 2.28 bits per heavy atom. The molecule has 2 aromatic rings. The Labute approximate surface area is 106 Å². The third-order valence-electron chi connectivity index (χ3n) is 2.72. The van der Waals surface area contributed by atoms with Crippen LogP contribution in [0.2, 0.25) is 0 Å². The summed E-state index contributed by atoms with van der Waals surface area (Å²) in [4.78, 5) is 11.6. The Bertz CT molecular complexity index is 506. The maximum atomic E-state index is 11.6. The van der Waals surface area contributed by atoms with E-state index in [2.05, 4.69) is 22.4 Å². The molecule has 0 spiro atoms. The van der Waals surface area contributed by atoms with Crippen molar-refractivity contribution in [2.75, 3.05) is 5.32 Å². The van der Waals surface area contributed by atoms with E-state index in [1.165, 1.54) is 0 Å². The number of aromatic amines is 1. The minimum atomic E-state index is 0.0682. The second-order valence-electron chi connectivity index (χ2n) is 4.20. The molecule has 0 fully saturated rings. The molecule has 0 saturated heterocycles. The summed E-state index contributed by atoms with van der Waals surface area (Å²) in [5.41, 5.74) is 2.78. The van der Waals surface area contributed by atoms with Crippen LogP contribution >= 0.6 is 0 Å². The first-order valence-electron chi connectivity index (χ1n) is 6.19. The molecule has 4 heteroatoms. The van der Waals surface area contributed by atoms with Crippen molar-refractivity contribution in [3.63, 3.8) is 0 Å². The van der Waals surface area contributed by atoms with Crippen molar-refractivity contribution in [2.24, 2.45) is 0 Å². The number of hydrogen-bond donors (Lipinski definition) is 2. The maximum Gasteiger partial charge on any atom is 0.224 e. The highest BCUT2D eigenvalue weighted by molar-refractivity contribution is 5.91. The van der Waals surface area contributed by atoms with Crippen molar-refractivity contribution in [1.82, 2.24) is 10.2 Å². The van der Waals surface area contributed by atoms with Gasteiger partial charge in [-0.3, -0.25) is 9.89 Å². The van der Waals surface area contributed by atoms with E-state index in [9.17, 15) is 4.79 Å². The van der Waals surface area contributed by atoms with E-state index in [1.807, 2.05) is 30.3 Å². The lowest BCUT2D eigenvalue weighted by Gasteiger charge is -2.06. The summed E-state index contributed by atoms with van der Waals surface area (Å²) in [5, 5.41) is 9.73. The second kappa shape index (κ2) is 6.00. The third-order valence-corrected chi connectivity index (χ3v) is 2.72. The predicted molar refractivity (Wildman–Crippen MR) is 72.2 cm³/mol. The van der Waals surface area contributed by atoms with Crippen molar-refractivity contribution < 1.29 is 4.79 Å². The van der Waals surface area contributed by atoms with E-state index in [-0.39, 0.29) is 5.91 Å². The van der Waals surface area contributed by atoms with E-state index in [0.29, 0.717) is 6.42 Å². The normalized spacial score (nSPS) is 10.3. The Hall–Kier alpha value is -2.10. The molecular formula is C14H17N3O. The van der Waals surface area contributed by atoms with Gasteiger partial charge in [-0.25, -0.2) is 0 Å². The molecule has 0 radical (unpaired) electrons. The zero-order valence-electron chi connectivity index (χ0n) is 10.4. The number of rotatable bonds is 5. The standard InChI is InChI=1S/C14H17N3O/c1-2-3-7-14(18)16-12-6-4-5-11(10-12)13-8-9-15-17-13/h4-6,8-10H,2-3,7H2,1H3,(H,15,17)(H,16,18). The smallest absolute Gasteiger partial charge is 0.224 e. The van der Waals surface area contributed by atoms with Gasteiger partial charge >= 0.3 is 0 Å². The number of amides is 1. The molecule has 1 amide bonds. The van der Waals surface area contributed by atoms with Gasteiger partial charge in [0.15, 0.2) is 0 Å². The Morgan fingerprint density at radius 3 is 3.00 bits per heavy atom. The van der Waals surface area contributed by atoms with Gasteiger partial charge in [0.2, 0.25) is 5.91 Å². The van der Waals surface area contributed by atoms with Crippen LogP contribution in [0.3, 0.4) is 0 Å². The molecule has 0 atom stereocenters. The monoisotopic (exact) mass is 243 g/mol. The van der Waals surface area contributed by atoms with Gasteiger partial charge in [0.05, 0.1) is 5.69 Å². The zero-order valence-corrected chi connectivity index (χ0v) is 10.4. The van der Waals surface area contributed by atoms with Crippen LogP contribution in [0.1, 0.15) is 26.2 Å². The lowest BCUT2D eigenvalue weighted by Crippen LogP contribution is -2.10. The summed E-state index contributed by atoms with van der Waals surface area (Å²) in [6.07, 6.45) is 4.24. The average Bonchev–Trinajstić information content (AvgIpc) is 2.90. The number of carbonyl (C=O) groups is 1. The molecule has 0 unspecified atom stereocenters. The van der Waals surface area contributed by atoms with E-state index in [4.69, 9.17) is 0 Å². The molecule has 1 heterocycles. The quantitative estimate of drug-likeness (QED) is 0.847. The van der Waals surface area contributed by atoms with Crippen LogP contribution < -0.4 is 5.32 Å². The van der Waals surface area contributed by atoms with E-state index in [0.717, 1.165) is 29.8 Å². The number of anilines is 1. The van der Waals surface area contributed by atoms with Gasteiger partial charge < -0.3 is 5.32 Å². The lowest BCUT2D eigenvalue weighted by atomic mass is 10.1. The fourth-order valence-electron chi connectivity index (χ4n) is 1.74. The molecule has 0 aliphatic carbocycles. The highest BCUT2D eigenvalue weighted by atomic mass is 16.1. The van der Waals surface area contributed by atoms with Gasteiger partial charge in [0.25, 0.3) is 0 Å². The molecule has 0 aliphatic rings. The third kappa shape index (κ3) is 3.20. The first-order valence-corrected chi connectivity index (χ1v) is 6.19. The Kier molecular flexibility index (Phi) is 4.12. The van der Waals surface area contributed by atoms with Crippen molar-refractivity contribution in [3.05, 3.63) is 36.5 Å². The summed E-state index contributed by atoms with van der Waals surface area (Å²) in [6, 6.07) is 9.64. The van der Waals surface area contributed by atoms with Crippen molar-refractivity contribution >= 4 is 11.6 Å². The molecule has 18 heavy (non-hydrogen) atoms. The number of carbonyl (C=O) groups excluding carboxylic acids is 1. The summed E-state index contributed by atoms with van der Waals surface area (Å²) in [6.45, 7) is 2.08. The molecule has 2 rings (SSSR count). The highest BCUT2D eigenvalue weighted by Crippen LogP contribution is 2.20. The molecule has 2 N–H and O–H groups in total. The molecule has 0 saturated carbocycles. The van der Waals surface area contributed by atoms with Gasteiger partial charge in [-0.05, 0) is 24.6 Å². The topological polar surface area (TPSA) is 57.8 Å². The van der Waals surface area contributed by atoms with Crippen molar-refractivity contribution in [3.8, 4) is 11.3 Å². The zero-order chi connectivity index (χ0) is 12.8. The van der Waals surface area contributed by atoms with Crippen LogP contribution in [0.4, 0.5) is 5.69 Å². The van der Waals surface area contributed by atoms with Crippen molar-refractivity contribution in [1.29, 1.82) is 0 Å². The number of benzene rings is 1. The van der Waals surface area contributed by atoms with Gasteiger partial charge in [-0.2, -0.15) is 5.10 Å². The predicted octanol–water partition coefficient (Wildman–Crippen LogP) is 3.21. The molecule has 0 aliphatic heterocycles. The summed E-state index contributed by atoms with van der Waals surface area (Å²) < 4.78 is 0. The Balaban J connectivity index is 2.06. The summed E-state index contributed by atoms with van der Waals surface area (Å²) >= 11 is 0. The van der Waals surface area contributed by atoms with E-state index >= 15 is 0 Å². The fraction of sp³-hybridized carbons (Fsp3) is 0.286. The fourth-order valence-corrected chi connectivity index (χ4v) is 1.74. The van der Waals surface area contributed by atoms with E-state index < -0.39 is 0 Å².